The fourth-order valence-corrected chi connectivity index (χ4v) is 3.12. The average Bonchev–Trinajstić information content (AvgIpc) is 2.75. The Kier molecular flexibility index (Phi) is 5.83. The second kappa shape index (κ2) is 7.42. The highest BCUT2D eigenvalue weighted by Crippen LogP contribution is 2.24. The molecule has 0 radical (unpaired) electrons. The van der Waals surface area contributed by atoms with E-state index in [1.807, 2.05) is 0 Å². The van der Waals surface area contributed by atoms with Crippen molar-refractivity contribution in [2.45, 2.75) is 53.1 Å². The summed E-state index contributed by atoms with van der Waals surface area (Å²) in [5.74, 6) is 2.26. The van der Waals surface area contributed by atoms with Gasteiger partial charge in [-0.25, -0.2) is 0 Å². The van der Waals surface area contributed by atoms with Crippen LogP contribution in [0.15, 0.2) is 24.3 Å². The van der Waals surface area contributed by atoms with Crippen LogP contribution in [-0.2, 0) is 6.54 Å². The molecule has 0 aliphatic carbocycles. The quantitative estimate of drug-likeness (QED) is 0.854. The molecule has 1 aliphatic heterocycles. The summed E-state index contributed by atoms with van der Waals surface area (Å²) in [5, 5.41) is 3.52. The second-order valence-corrected chi connectivity index (χ2v) is 7.35. The minimum Gasteiger partial charge on any atom is -0.314 e. The molecule has 118 valence electrons. The molecule has 2 heteroatoms. The Labute approximate surface area is 130 Å². The van der Waals surface area contributed by atoms with Gasteiger partial charge in [0, 0.05) is 32.2 Å². The number of rotatable bonds is 6. The van der Waals surface area contributed by atoms with Gasteiger partial charge in [-0.3, -0.25) is 4.90 Å². The summed E-state index contributed by atoms with van der Waals surface area (Å²) in [6.45, 7) is 16.1. The fourth-order valence-electron chi connectivity index (χ4n) is 3.12. The molecule has 1 aromatic rings. The van der Waals surface area contributed by atoms with Gasteiger partial charge < -0.3 is 5.32 Å². The molecular formula is C19H32N2. The molecule has 1 saturated heterocycles. The minimum atomic E-state index is 0.561. The molecular weight excluding hydrogens is 256 g/mol. The first kappa shape index (κ1) is 16.5. The van der Waals surface area contributed by atoms with Crippen molar-refractivity contribution in [1.29, 1.82) is 0 Å². The van der Waals surface area contributed by atoms with Crippen LogP contribution in [0.4, 0.5) is 0 Å². The molecule has 3 atom stereocenters. The summed E-state index contributed by atoms with van der Waals surface area (Å²) < 4.78 is 0. The molecule has 0 saturated carbocycles. The third-order valence-electron chi connectivity index (χ3n) is 4.85. The van der Waals surface area contributed by atoms with E-state index in [1.165, 1.54) is 24.2 Å². The minimum absolute atomic E-state index is 0.561. The van der Waals surface area contributed by atoms with Crippen molar-refractivity contribution in [3.05, 3.63) is 35.4 Å². The largest absolute Gasteiger partial charge is 0.314 e. The molecule has 0 amide bonds. The first-order chi connectivity index (χ1) is 9.95. The van der Waals surface area contributed by atoms with E-state index in [-0.39, 0.29) is 0 Å². The van der Waals surface area contributed by atoms with Gasteiger partial charge >= 0.3 is 0 Å². The zero-order chi connectivity index (χ0) is 15.4. The zero-order valence-corrected chi connectivity index (χ0v) is 14.4. The van der Waals surface area contributed by atoms with E-state index in [4.69, 9.17) is 0 Å². The van der Waals surface area contributed by atoms with Crippen LogP contribution in [0.2, 0.25) is 0 Å². The molecule has 21 heavy (non-hydrogen) atoms. The summed E-state index contributed by atoms with van der Waals surface area (Å²) >= 11 is 0. The lowest BCUT2D eigenvalue weighted by Gasteiger charge is -2.18. The Balaban J connectivity index is 1.87. The summed E-state index contributed by atoms with van der Waals surface area (Å²) in [5.41, 5.74) is 2.89. The number of benzene rings is 1. The molecule has 0 bridgehead atoms. The van der Waals surface area contributed by atoms with Crippen molar-refractivity contribution in [1.82, 2.24) is 10.2 Å². The lowest BCUT2D eigenvalue weighted by atomic mass is 9.99. The molecule has 1 aromatic carbocycles. The van der Waals surface area contributed by atoms with Crippen molar-refractivity contribution in [3.63, 3.8) is 0 Å². The molecule has 2 nitrogen and oxygen atoms in total. The maximum atomic E-state index is 3.52. The van der Waals surface area contributed by atoms with Gasteiger partial charge in [-0.05, 0) is 28.9 Å². The predicted octanol–water partition coefficient (Wildman–Crippen LogP) is 3.88. The first-order valence-electron chi connectivity index (χ1n) is 8.50. The number of hydrogen-bond acceptors (Lipinski definition) is 2. The zero-order valence-electron chi connectivity index (χ0n) is 14.4. The lowest BCUT2D eigenvalue weighted by Crippen LogP contribution is -2.27. The van der Waals surface area contributed by atoms with E-state index < -0.39 is 0 Å². The average molecular weight is 288 g/mol. The van der Waals surface area contributed by atoms with Crippen molar-refractivity contribution in [2.75, 3.05) is 19.6 Å². The number of nitrogens with one attached hydrogen (secondary N) is 1. The monoisotopic (exact) mass is 288 g/mol. The Bertz CT molecular complexity index is 414. The van der Waals surface area contributed by atoms with E-state index in [0.29, 0.717) is 12.0 Å². The molecule has 1 fully saturated rings. The van der Waals surface area contributed by atoms with Crippen LogP contribution in [0.25, 0.3) is 0 Å². The van der Waals surface area contributed by atoms with E-state index in [0.717, 1.165) is 24.9 Å². The highest BCUT2D eigenvalue weighted by atomic mass is 15.1. The summed E-state index contributed by atoms with van der Waals surface area (Å²) in [6, 6.07) is 9.81. The van der Waals surface area contributed by atoms with Crippen molar-refractivity contribution in [2.24, 2.45) is 11.8 Å². The van der Waals surface area contributed by atoms with Crippen LogP contribution in [0.5, 0.6) is 0 Å². The maximum absolute atomic E-state index is 3.52. The van der Waals surface area contributed by atoms with Crippen LogP contribution >= 0.6 is 0 Å². The lowest BCUT2D eigenvalue weighted by molar-refractivity contribution is 0.316. The van der Waals surface area contributed by atoms with E-state index >= 15 is 0 Å². The van der Waals surface area contributed by atoms with Crippen LogP contribution in [0.1, 0.15) is 51.7 Å². The van der Waals surface area contributed by atoms with Crippen molar-refractivity contribution < 1.29 is 0 Å². The fraction of sp³-hybridized carbons (Fsp3) is 0.684. The third-order valence-corrected chi connectivity index (χ3v) is 4.85. The van der Waals surface area contributed by atoms with E-state index in [2.05, 4.69) is 69.1 Å². The highest BCUT2D eigenvalue weighted by molar-refractivity contribution is 5.25. The van der Waals surface area contributed by atoms with Gasteiger partial charge in [-0.1, -0.05) is 58.9 Å². The summed E-state index contributed by atoms with van der Waals surface area (Å²) in [4.78, 5) is 2.59. The molecule has 1 heterocycles. The van der Waals surface area contributed by atoms with Crippen LogP contribution < -0.4 is 5.32 Å². The van der Waals surface area contributed by atoms with Gasteiger partial charge in [0.1, 0.15) is 0 Å². The van der Waals surface area contributed by atoms with Crippen LogP contribution in [0.3, 0.4) is 0 Å². The Morgan fingerprint density at radius 1 is 1.05 bits per heavy atom. The number of hydrogen-bond donors (Lipinski definition) is 1. The topological polar surface area (TPSA) is 15.3 Å². The van der Waals surface area contributed by atoms with Gasteiger partial charge in [-0.15, -0.1) is 0 Å². The van der Waals surface area contributed by atoms with Gasteiger partial charge in [0.25, 0.3) is 0 Å². The maximum Gasteiger partial charge on any atom is 0.0233 e. The molecule has 2 rings (SSSR count). The van der Waals surface area contributed by atoms with E-state index in [1.54, 1.807) is 0 Å². The first-order valence-corrected chi connectivity index (χ1v) is 8.50. The molecule has 0 spiro atoms. The third kappa shape index (κ3) is 4.82. The molecule has 0 aromatic heterocycles. The Hall–Kier alpha value is -0.860. The summed E-state index contributed by atoms with van der Waals surface area (Å²) in [6.07, 6.45) is 0. The van der Waals surface area contributed by atoms with Gasteiger partial charge in [0.15, 0.2) is 0 Å². The van der Waals surface area contributed by atoms with Gasteiger partial charge in [0.2, 0.25) is 0 Å². The van der Waals surface area contributed by atoms with E-state index in [9.17, 15) is 0 Å². The SMILES string of the molecule is CC(C)NCC(C)c1ccc(CN2CC(C)C(C)C2)cc1. The van der Waals surface area contributed by atoms with Gasteiger partial charge in [0.05, 0.1) is 0 Å². The Morgan fingerprint density at radius 3 is 2.14 bits per heavy atom. The van der Waals surface area contributed by atoms with Crippen molar-refractivity contribution in [3.8, 4) is 0 Å². The molecule has 1 N–H and O–H groups in total. The smallest absolute Gasteiger partial charge is 0.0233 e. The Morgan fingerprint density at radius 2 is 1.62 bits per heavy atom. The second-order valence-electron chi connectivity index (χ2n) is 7.35. The standard InChI is InChI=1S/C19H32N2/c1-14(2)20-10-15(3)19-8-6-18(7-9-19)13-21-11-16(4)17(5)12-21/h6-9,14-17,20H,10-13H2,1-5H3. The van der Waals surface area contributed by atoms with Crippen LogP contribution in [0, 0.1) is 11.8 Å². The predicted molar refractivity (Wildman–Crippen MR) is 91.6 cm³/mol. The molecule has 1 aliphatic rings. The molecule has 3 unspecified atom stereocenters. The number of likely N-dealkylation sites (tertiary alicyclic amines) is 1. The normalized spacial score (nSPS) is 24.7. The number of nitrogens with zero attached hydrogens (tertiary/aromatic N) is 1. The van der Waals surface area contributed by atoms with Crippen LogP contribution in [-0.4, -0.2) is 30.6 Å². The summed E-state index contributed by atoms with van der Waals surface area (Å²) in [7, 11) is 0. The highest BCUT2D eigenvalue weighted by Gasteiger charge is 2.25. The van der Waals surface area contributed by atoms with Crippen molar-refractivity contribution >= 4 is 0 Å². The van der Waals surface area contributed by atoms with Gasteiger partial charge in [-0.2, -0.15) is 0 Å².